The van der Waals surface area contributed by atoms with Gasteiger partial charge in [-0.05, 0) is 14.0 Å². The monoisotopic (exact) mass is 251 g/mol. The SMILES string of the molecule is CNCCNc1cc(N2CCOCC2)nc(C)n1. The molecule has 0 bridgehead atoms. The molecule has 0 unspecified atom stereocenters. The van der Waals surface area contributed by atoms with Crippen molar-refractivity contribution in [2.75, 3.05) is 56.7 Å². The van der Waals surface area contributed by atoms with Crippen LogP contribution in [0, 0.1) is 6.92 Å². The lowest BCUT2D eigenvalue weighted by molar-refractivity contribution is 0.122. The highest BCUT2D eigenvalue weighted by molar-refractivity contribution is 5.49. The maximum atomic E-state index is 5.35. The van der Waals surface area contributed by atoms with E-state index in [0.29, 0.717) is 0 Å². The molecule has 0 aromatic carbocycles. The number of aromatic nitrogens is 2. The average Bonchev–Trinajstić information content (AvgIpc) is 2.39. The van der Waals surface area contributed by atoms with Crippen LogP contribution in [0.3, 0.4) is 0 Å². The first-order valence-electron chi connectivity index (χ1n) is 6.36. The summed E-state index contributed by atoms with van der Waals surface area (Å²) in [5.41, 5.74) is 0. The van der Waals surface area contributed by atoms with E-state index >= 15 is 0 Å². The zero-order valence-electron chi connectivity index (χ0n) is 11.1. The molecule has 1 saturated heterocycles. The van der Waals surface area contributed by atoms with Gasteiger partial charge in [-0.25, -0.2) is 9.97 Å². The van der Waals surface area contributed by atoms with Gasteiger partial charge in [-0.3, -0.25) is 0 Å². The molecule has 100 valence electrons. The highest BCUT2D eigenvalue weighted by Crippen LogP contribution is 2.16. The van der Waals surface area contributed by atoms with Gasteiger partial charge in [0.05, 0.1) is 13.2 Å². The average molecular weight is 251 g/mol. The first kappa shape index (κ1) is 13.0. The molecule has 0 radical (unpaired) electrons. The van der Waals surface area contributed by atoms with Crippen LogP contribution in [0.4, 0.5) is 11.6 Å². The van der Waals surface area contributed by atoms with Crippen LogP contribution in [-0.4, -0.2) is 56.4 Å². The predicted octanol–water partition coefficient (Wildman–Crippen LogP) is 0.253. The molecule has 0 aliphatic carbocycles. The smallest absolute Gasteiger partial charge is 0.134 e. The summed E-state index contributed by atoms with van der Waals surface area (Å²) in [6, 6.07) is 2.01. The lowest BCUT2D eigenvalue weighted by atomic mass is 10.4. The molecule has 6 heteroatoms. The molecule has 2 heterocycles. The summed E-state index contributed by atoms with van der Waals surface area (Å²) >= 11 is 0. The van der Waals surface area contributed by atoms with E-state index in [9.17, 15) is 0 Å². The van der Waals surface area contributed by atoms with Crippen LogP contribution in [0.15, 0.2) is 6.07 Å². The summed E-state index contributed by atoms with van der Waals surface area (Å²) in [5, 5.41) is 6.39. The molecule has 2 rings (SSSR count). The van der Waals surface area contributed by atoms with E-state index in [1.807, 2.05) is 20.0 Å². The molecule has 2 N–H and O–H groups in total. The van der Waals surface area contributed by atoms with Crippen molar-refractivity contribution in [1.29, 1.82) is 0 Å². The normalized spacial score (nSPS) is 15.8. The Morgan fingerprint density at radius 3 is 2.78 bits per heavy atom. The Labute approximate surface area is 108 Å². The van der Waals surface area contributed by atoms with Crippen LogP contribution < -0.4 is 15.5 Å². The molecule has 0 amide bonds. The van der Waals surface area contributed by atoms with Crippen molar-refractivity contribution in [3.8, 4) is 0 Å². The Bertz CT molecular complexity index is 379. The number of rotatable bonds is 5. The van der Waals surface area contributed by atoms with Gasteiger partial charge in [-0.15, -0.1) is 0 Å². The minimum absolute atomic E-state index is 0.769. The fourth-order valence-electron chi connectivity index (χ4n) is 1.91. The quantitative estimate of drug-likeness (QED) is 0.732. The topological polar surface area (TPSA) is 62.3 Å². The Morgan fingerprint density at radius 1 is 1.28 bits per heavy atom. The molecule has 6 nitrogen and oxygen atoms in total. The van der Waals surface area contributed by atoms with Crippen molar-refractivity contribution in [2.24, 2.45) is 0 Å². The summed E-state index contributed by atoms with van der Waals surface area (Å²) in [7, 11) is 1.94. The standard InChI is InChI=1S/C12H21N5O/c1-10-15-11(14-4-3-13-2)9-12(16-10)17-5-7-18-8-6-17/h9,13H,3-8H2,1-2H3,(H,14,15,16). The van der Waals surface area contributed by atoms with Crippen LogP contribution >= 0.6 is 0 Å². The van der Waals surface area contributed by atoms with E-state index in [1.54, 1.807) is 0 Å². The van der Waals surface area contributed by atoms with Crippen molar-refractivity contribution < 1.29 is 4.74 Å². The second kappa shape index (κ2) is 6.51. The molecule has 1 aromatic heterocycles. The lowest BCUT2D eigenvalue weighted by Gasteiger charge is -2.28. The number of likely N-dealkylation sites (N-methyl/N-ethyl adjacent to an activating group) is 1. The first-order chi connectivity index (χ1) is 8.79. The van der Waals surface area contributed by atoms with Gasteiger partial charge in [0.25, 0.3) is 0 Å². The van der Waals surface area contributed by atoms with Gasteiger partial charge >= 0.3 is 0 Å². The third-order valence-electron chi connectivity index (χ3n) is 2.84. The molecule has 1 aliphatic rings. The number of hydrogen-bond donors (Lipinski definition) is 2. The summed E-state index contributed by atoms with van der Waals surface area (Å²) in [5.74, 6) is 2.67. The Kier molecular flexibility index (Phi) is 4.72. The maximum Gasteiger partial charge on any atom is 0.134 e. The van der Waals surface area contributed by atoms with E-state index < -0.39 is 0 Å². The molecule has 1 aromatic rings. The molecule has 0 saturated carbocycles. The summed E-state index contributed by atoms with van der Waals surface area (Å²) in [4.78, 5) is 11.1. The van der Waals surface area contributed by atoms with Crippen molar-refractivity contribution in [3.05, 3.63) is 11.9 Å². The summed E-state index contributed by atoms with van der Waals surface area (Å²) in [6.45, 7) is 7.02. The second-order valence-corrected chi connectivity index (χ2v) is 4.29. The number of nitrogens with one attached hydrogen (secondary N) is 2. The molecule has 0 atom stereocenters. The minimum atomic E-state index is 0.769. The third-order valence-corrected chi connectivity index (χ3v) is 2.84. The number of aryl methyl sites for hydroxylation is 1. The highest BCUT2D eigenvalue weighted by Gasteiger charge is 2.13. The molecular formula is C12H21N5O. The molecule has 1 fully saturated rings. The number of morpholine rings is 1. The molecular weight excluding hydrogens is 230 g/mol. The van der Waals surface area contributed by atoms with Crippen molar-refractivity contribution in [3.63, 3.8) is 0 Å². The van der Waals surface area contributed by atoms with Crippen LogP contribution in [-0.2, 0) is 4.74 Å². The van der Waals surface area contributed by atoms with E-state index in [1.165, 1.54) is 0 Å². The molecule has 18 heavy (non-hydrogen) atoms. The van der Waals surface area contributed by atoms with Crippen LogP contribution in [0.1, 0.15) is 5.82 Å². The predicted molar refractivity (Wildman–Crippen MR) is 72.2 cm³/mol. The van der Waals surface area contributed by atoms with E-state index in [4.69, 9.17) is 4.74 Å². The second-order valence-electron chi connectivity index (χ2n) is 4.29. The largest absolute Gasteiger partial charge is 0.378 e. The maximum absolute atomic E-state index is 5.35. The van der Waals surface area contributed by atoms with Gasteiger partial charge in [0.2, 0.25) is 0 Å². The van der Waals surface area contributed by atoms with Gasteiger partial charge in [-0.2, -0.15) is 0 Å². The van der Waals surface area contributed by atoms with Gasteiger partial charge < -0.3 is 20.3 Å². The van der Waals surface area contributed by atoms with Crippen LogP contribution in [0.5, 0.6) is 0 Å². The number of ether oxygens (including phenoxy) is 1. The number of anilines is 2. The molecule has 0 spiro atoms. The van der Waals surface area contributed by atoms with E-state index in [0.717, 1.165) is 56.9 Å². The number of hydrogen-bond acceptors (Lipinski definition) is 6. The van der Waals surface area contributed by atoms with E-state index in [-0.39, 0.29) is 0 Å². The zero-order valence-corrected chi connectivity index (χ0v) is 11.1. The van der Waals surface area contributed by atoms with Crippen molar-refractivity contribution in [1.82, 2.24) is 15.3 Å². The zero-order chi connectivity index (χ0) is 12.8. The van der Waals surface area contributed by atoms with E-state index in [2.05, 4.69) is 25.5 Å². The third kappa shape index (κ3) is 3.54. The Hall–Kier alpha value is -1.40. The summed E-state index contributed by atoms with van der Waals surface area (Å²) in [6.07, 6.45) is 0. The number of nitrogens with zero attached hydrogens (tertiary/aromatic N) is 3. The Morgan fingerprint density at radius 2 is 2.06 bits per heavy atom. The van der Waals surface area contributed by atoms with Gasteiger partial charge in [-0.1, -0.05) is 0 Å². The lowest BCUT2D eigenvalue weighted by Crippen LogP contribution is -2.37. The highest BCUT2D eigenvalue weighted by atomic mass is 16.5. The van der Waals surface area contributed by atoms with Gasteiger partial charge in [0.15, 0.2) is 0 Å². The van der Waals surface area contributed by atoms with Crippen molar-refractivity contribution in [2.45, 2.75) is 6.92 Å². The van der Waals surface area contributed by atoms with Crippen molar-refractivity contribution >= 4 is 11.6 Å². The fourth-order valence-corrected chi connectivity index (χ4v) is 1.91. The fraction of sp³-hybridized carbons (Fsp3) is 0.667. The van der Waals surface area contributed by atoms with Gasteiger partial charge in [0, 0.05) is 32.2 Å². The minimum Gasteiger partial charge on any atom is -0.378 e. The van der Waals surface area contributed by atoms with Gasteiger partial charge in [0.1, 0.15) is 17.5 Å². The molecule has 1 aliphatic heterocycles. The van der Waals surface area contributed by atoms with Crippen LogP contribution in [0.25, 0.3) is 0 Å². The summed E-state index contributed by atoms with van der Waals surface area (Å²) < 4.78 is 5.35. The Balaban J connectivity index is 2.05. The first-order valence-corrected chi connectivity index (χ1v) is 6.36. The van der Waals surface area contributed by atoms with Crippen LogP contribution in [0.2, 0.25) is 0 Å².